The highest BCUT2D eigenvalue weighted by Crippen LogP contribution is 2.16. The van der Waals surface area contributed by atoms with Crippen molar-refractivity contribution in [3.05, 3.63) is 53.3 Å². The molecule has 0 aliphatic heterocycles. The number of aryl methyl sites for hydroxylation is 1. The Morgan fingerprint density at radius 3 is 2.53 bits per heavy atom. The van der Waals surface area contributed by atoms with E-state index < -0.39 is 5.97 Å². The summed E-state index contributed by atoms with van der Waals surface area (Å²) in [7, 11) is 0. The van der Waals surface area contributed by atoms with Crippen LogP contribution in [0.4, 0.5) is 0 Å². The lowest BCUT2D eigenvalue weighted by atomic mass is 10.2. The van der Waals surface area contributed by atoms with Gasteiger partial charge >= 0.3 is 5.97 Å². The molecular formula is C15H17NO3. The number of ether oxygens (including phenoxy) is 1. The second kappa shape index (κ2) is 5.61. The van der Waals surface area contributed by atoms with Crippen LogP contribution in [0.5, 0.6) is 5.75 Å². The highest BCUT2D eigenvalue weighted by Gasteiger charge is 2.13. The van der Waals surface area contributed by atoms with Crippen molar-refractivity contribution >= 4 is 5.97 Å². The van der Waals surface area contributed by atoms with Crippen molar-refractivity contribution in [2.75, 3.05) is 6.61 Å². The first-order valence-electron chi connectivity index (χ1n) is 6.22. The molecule has 1 heterocycles. The van der Waals surface area contributed by atoms with Gasteiger partial charge in [0.1, 0.15) is 11.4 Å². The van der Waals surface area contributed by atoms with Crippen LogP contribution >= 0.6 is 0 Å². The lowest BCUT2D eigenvalue weighted by Gasteiger charge is -2.08. The molecule has 0 aliphatic carbocycles. The molecule has 0 unspecified atom stereocenters. The molecule has 19 heavy (non-hydrogen) atoms. The van der Waals surface area contributed by atoms with E-state index >= 15 is 0 Å². The van der Waals surface area contributed by atoms with Crippen LogP contribution in [0.3, 0.4) is 0 Å². The van der Waals surface area contributed by atoms with Gasteiger partial charge in [-0.1, -0.05) is 12.1 Å². The summed E-state index contributed by atoms with van der Waals surface area (Å²) in [4.78, 5) is 11.2. The van der Waals surface area contributed by atoms with Gasteiger partial charge in [0.2, 0.25) is 0 Å². The number of rotatable bonds is 5. The van der Waals surface area contributed by atoms with Gasteiger partial charge < -0.3 is 14.4 Å². The molecule has 0 aliphatic rings. The zero-order valence-corrected chi connectivity index (χ0v) is 11.1. The van der Waals surface area contributed by atoms with E-state index in [9.17, 15) is 9.90 Å². The van der Waals surface area contributed by atoms with Crippen LogP contribution in [0.25, 0.3) is 0 Å². The largest absolute Gasteiger partial charge is 0.494 e. The summed E-state index contributed by atoms with van der Waals surface area (Å²) in [6, 6.07) is 9.52. The Morgan fingerprint density at radius 1 is 1.26 bits per heavy atom. The Balaban J connectivity index is 2.19. The summed E-state index contributed by atoms with van der Waals surface area (Å²) in [5.74, 6) is -0.0677. The van der Waals surface area contributed by atoms with Crippen LogP contribution in [0.1, 0.15) is 28.5 Å². The standard InChI is InChI=1S/C15H17NO3/c1-3-19-13-6-4-12(5-7-13)10-16-9-8-11(2)14(16)15(17)18/h4-9H,3,10H2,1-2H3,(H,17,18). The Labute approximate surface area is 112 Å². The van der Waals surface area contributed by atoms with Crippen molar-refractivity contribution in [3.8, 4) is 5.75 Å². The predicted octanol–water partition coefficient (Wildman–Crippen LogP) is 2.94. The third-order valence-electron chi connectivity index (χ3n) is 2.96. The zero-order valence-electron chi connectivity index (χ0n) is 11.1. The summed E-state index contributed by atoms with van der Waals surface area (Å²) in [6.07, 6.45) is 1.80. The van der Waals surface area contributed by atoms with E-state index in [1.165, 1.54) is 0 Å². The summed E-state index contributed by atoms with van der Waals surface area (Å²) >= 11 is 0. The molecule has 1 aromatic heterocycles. The van der Waals surface area contributed by atoms with E-state index in [0.717, 1.165) is 16.9 Å². The number of benzene rings is 1. The van der Waals surface area contributed by atoms with E-state index in [2.05, 4.69) is 0 Å². The Bertz CT molecular complexity index is 570. The van der Waals surface area contributed by atoms with Crippen molar-refractivity contribution in [2.24, 2.45) is 0 Å². The van der Waals surface area contributed by atoms with E-state index in [4.69, 9.17) is 4.74 Å². The quantitative estimate of drug-likeness (QED) is 0.898. The Kier molecular flexibility index (Phi) is 3.90. The molecule has 0 atom stereocenters. The van der Waals surface area contributed by atoms with E-state index in [-0.39, 0.29) is 0 Å². The van der Waals surface area contributed by atoms with Crippen LogP contribution in [-0.4, -0.2) is 22.2 Å². The van der Waals surface area contributed by atoms with Gasteiger partial charge in [-0.2, -0.15) is 0 Å². The average Bonchev–Trinajstić information content (AvgIpc) is 2.73. The number of hydrogen-bond donors (Lipinski definition) is 1. The topological polar surface area (TPSA) is 51.5 Å². The summed E-state index contributed by atoms with van der Waals surface area (Å²) in [6.45, 7) is 4.93. The number of aromatic carboxylic acids is 1. The maximum absolute atomic E-state index is 11.2. The number of aromatic nitrogens is 1. The molecule has 0 saturated heterocycles. The minimum Gasteiger partial charge on any atom is -0.494 e. The molecule has 1 N–H and O–H groups in total. The monoisotopic (exact) mass is 259 g/mol. The minimum atomic E-state index is -0.895. The number of carbonyl (C=O) groups is 1. The molecule has 0 amide bonds. The Morgan fingerprint density at radius 2 is 1.95 bits per heavy atom. The molecule has 0 radical (unpaired) electrons. The number of hydrogen-bond acceptors (Lipinski definition) is 2. The summed E-state index contributed by atoms with van der Waals surface area (Å²) in [5, 5.41) is 9.19. The van der Waals surface area contributed by atoms with Gasteiger partial charge in [-0.15, -0.1) is 0 Å². The fourth-order valence-corrected chi connectivity index (χ4v) is 2.06. The number of carboxylic acid groups (broad SMARTS) is 1. The summed E-state index contributed by atoms with van der Waals surface area (Å²) < 4.78 is 7.12. The van der Waals surface area contributed by atoms with Gasteiger partial charge in [-0.05, 0) is 43.2 Å². The van der Waals surface area contributed by atoms with Crippen LogP contribution in [0, 0.1) is 6.92 Å². The first-order chi connectivity index (χ1) is 9.11. The molecule has 1 aromatic carbocycles. The molecule has 2 aromatic rings. The van der Waals surface area contributed by atoms with Crippen molar-refractivity contribution in [1.29, 1.82) is 0 Å². The molecule has 100 valence electrons. The van der Waals surface area contributed by atoms with E-state index in [1.807, 2.05) is 37.3 Å². The van der Waals surface area contributed by atoms with Gasteiger partial charge in [0, 0.05) is 12.7 Å². The van der Waals surface area contributed by atoms with Gasteiger partial charge in [0.15, 0.2) is 0 Å². The molecular weight excluding hydrogens is 242 g/mol. The predicted molar refractivity (Wildman–Crippen MR) is 72.8 cm³/mol. The number of nitrogens with zero attached hydrogens (tertiary/aromatic N) is 1. The summed E-state index contributed by atoms with van der Waals surface area (Å²) in [5.41, 5.74) is 2.16. The lowest BCUT2D eigenvalue weighted by molar-refractivity contribution is 0.0685. The normalized spacial score (nSPS) is 10.4. The molecule has 0 fully saturated rings. The van der Waals surface area contributed by atoms with E-state index in [0.29, 0.717) is 18.8 Å². The highest BCUT2D eigenvalue weighted by atomic mass is 16.5. The lowest BCUT2D eigenvalue weighted by Crippen LogP contribution is -2.10. The van der Waals surface area contributed by atoms with Crippen LogP contribution < -0.4 is 4.74 Å². The smallest absolute Gasteiger partial charge is 0.352 e. The molecule has 0 spiro atoms. The van der Waals surface area contributed by atoms with Crippen LogP contribution in [-0.2, 0) is 6.54 Å². The SMILES string of the molecule is CCOc1ccc(Cn2ccc(C)c2C(=O)O)cc1. The zero-order chi connectivity index (χ0) is 13.8. The minimum absolute atomic E-state index is 0.342. The van der Waals surface area contributed by atoms with Gasteiger partial charge in [-0.3, -0.25) is 0 Å². The molecule has 0 saturated carbocycles. The van der Waals surface area contributed by atoms with Gasteiger partial charge in [0.05, 0.1) is 6.61 Å². The fourth-order valence-electron chi connectivity index (χ4n) is 2.06. The maximum Gasteiger partial charge on any atom is 0.352 e. The van der Waals surface area contributed by atoms with Crippen LogP contribution in [0.15, 0.2) is 36.5 Å². The second-order valence-electron chi connectivity index (χ2n) is 4.36. The maximum atomic E-state index is 11.2. The average molecular weight is 259 g/mol. The fraction of sp³-hybridized carbons (Fsp3) is 0.267. The second-order valence-corrected chi connectivity index (χ2v) is 4.36. The first-order valence-corrected chi connectivity index (χ1v) is 6.22. The first kappa shape index (κ1) is 13.2. The van der Waals surface area contributed by atoms with Crippen molar-refractivity contribution in [1.82, 2.24) is 4.57 Å². The van der Waals surface area contributed by atoms with Crippen LogP contribution in [0.2, 0.25) is 0 Å². The van der Waals surface area contributed by atoms with Crippen molar-refractivity contribution in [3.63, 3.8) is 0 Å². The van der Waals surface area contributed by atoms with E-state index in [1.54, 1.807) is 17.7 Å². The third kappa shape index (κ3) is 2.96. The third-order valence-corrected chi connectivity index (χ3v) is 2.96. The Hall–Kier alpha value is -2.23. The van der Waals surface area contributed by atoms with Crippen molar-refractivity contribution in [2.45, 2.75) is 20.4 Å². The highest BCUT2D eigenvalue weighted by molar-refractivity contribution is 5.87. The molecule has 0 bridgehead atoms. The van der Waals surface area contributed by atoms with Gasteiger partial charge in [0.25, 0.3) is 0 Å². The molecule has 4 heteroatoms. The van der Waals surface area contributed by atoms with Gasteiger partial charge in [-0.25, -0.2) is 4.79 Å². The number of carboxylic acids is 1. The molecule has 4 nitrogen and oxygen atoms in total. The molecule has 2 rings (SSSR count). The van der Waals surface area contributed by atoms with Crippen molar-refractivity contribution < 1.29 is 14.6 Å².